The molecule has 1 unspecified atom stereocenters. The first-order chi connectivity index (χ1) is 9.92. The van der Waals surface area contributed by atoms with Crippen LogP contribution >= 0.6 is 0 Å². The van der Waals surface area contributed by atoms with Crippen LogP contribution in [0.15, 0.2) is 36.8 Å². The molecule has 1 saturated carbocycles. The number of nitrogens with one attached hydrogen (secondary N) is 1. The van der Waals surface area contributed by atoms with Crippen LogP contribution in [0.25, 0.3) is 0 Å². The minimum Gasteiger partial charge on any atom is -0.493 e. The van der Waals surface area contributed by atoms with E-state index < -0.39 is 0 Å². The molecule has 2 heterocycles. The van der Waals surface area contributed by atoms with E-state index in [0.29, 0.717) is 12.1 Å². The second kappa shape index (κ2) is 4.94. The van der Waals surface area contributed by atoms with Crippen molar-refractivity contribution in [3.05, 3.63) is 48.0 Å². The van der Waals surface area contributed by atoms with E-state index in [-0.39, 0.29) is 0 Å². The fraction of sp³-hybridized carbons (Fsp3) is 0.438. The zero-order valence-electron chi connectivity index (χ0n) is 11.5. The van der Waals surface area contributed by atoms with Crippen molar-refractivity contribution in [2.24, 2.45) is 0 Å². The minimum absolute atomic E-state index is 0.377. The molecule has 1 atom stereocenters. The Hall–Kier alpha value is -1.81. The van der Waals surface area contributed by atoms with Crippen molar-refractivity contribution in [2.45, 2.75) is 37.9 Å². The Bertz CT molecular complexity index is 603. The lowest BCUT2D eigenvalue weighted by atomic mass is 10.0. The molecule has 1 aromatic heterocycles. The van der Waals surface area contributed by atoms with E-state index in [9.17, 15) is 0 Å². The van der Waals surface area contributed by atoms with Crippen molar-refractivity contribution < 1.29 is 4.74 Å². The normalized spacial score (nSPS) is 21.3. The number of fused-ring (bicyclic) bond motifs is 1. The predicted octanol–water partition coefficient (Wildman–Crippen LogP) is 2.83. The van der Waals surface area contributed by atoms with Crippen LogP contribution in [0.4, 0.5) is 0 Å². The summed E-state index contributed by atoms with van der Waals surface area (Å²) >= 11 is 0. The number of rotatable bonds is 4. The van der Waals surface area contributed by atoms with Gasteiger partial charge in [-0.1, -0.05) is 18.2 Å². The summed E-state index contributed by atoms with van der Waals surface area (Å²) in [5, 5.41) is 3.66. The van der Waals surface area contributed by atoms with Crippen LogP contribution in [0.5, 0.6) is 5.75 Å². The number of nitrogens with zero attached hydrogens (tertiary/aromatic N) is 2. The maximum Gasteiger partial charge on any atom is 0.124 e. The Morgan fingerprint density at radius 2 is 2.15 bits per heavy atom. The summed E-state index contributed by atoms with van der Waals surface area (Å²) in [5.41, 5.74) is 2.56. The molecule has 4 nitrogen and oxygen atoms in total. The summed E-state index contributed by atoms with van der Waals surface area (Å²) in [6, 6.07) is 9.39. The molecule has 0 amide bonds. The Kier molecular flexibility index (Phi) is 2.96. The van der Waals surface area contributed by atoms with Gasteiger partial charge in [0.2, 0.25) is 0 Å². The van der Waals surface area contributed by atoms with Gasteiger partial charge in [0, 0.05) is 36.8 Å². The van der Waals surface area contributed by atoms with Gasteiger partial charge in [-0.3, -0.25) is 0 Å². The number of para-hydroxylation sites is 1. The summed E-state index contributed by atoms with van der Waals surface area (Å²) in [6.07, 6.45) is 7.56. The number of hydrogen-bond donors (Lipinski definition) is 1. The highest BCUT2D eigenvalue weighted by molar-refractivity contribution is 5.37. The fourth-order valence-electron chi connectivity index (χ4n) is 2.93. The third-order valence-corrected chi connectivity index (χ3v) is 4.17. The molecule has 20 heavy (non-hydrogen) atoms. The maximum absolute atomic E-state index is 5.71. The highest BCUT2D eigenvalue weighted by atomic mass is 16.5. The largest absolute Gasteiger partial charge is 0.493 e. The lowest BCUT2D eigenvalue weighted by molar-refractivity contribution is 0.251. The monoisotopic (exact) mass is 269 g/mol. The van der Waals surface area contributed by atoms with Crippen LogP contribution in [0.3, 0.4) is 0 Å². The molecule has 104 valence electrons. The number of imidazole rings is 1. The number of ether oxygens (including phenoxy) is 1. The molecule has 2 aliphatic rings. The van der Waals surface area contributed by atoms with Gasteiger partial charge in [0.25, 0.3) is 0 Å². The molecule has 0 spiro atoms. The van der Waals surface area contributed by atoms with Gasteiger partial charge in [-0.15, -0.1) is 0 Å². The smallest absolute Gasteiger partial charge is 0.124 e. The Morgan fingerprint density at radius 1 is 1.25 bits per heavy atom. The quantitative estimate of drug-likeness (QED) is 0.927. The number of benzene rings is 1. The second-order valence-electron chi connectivity index (χ2n) is 5.63. The molecule has 0 saturated heterocycles. The SMILES string of the molecule is c1ccc2c(c1)OCCC2NCc1cncn1C1CC1. The molecule has 1 aliphatic carbocycles. The molecule has 1 aromatic carbocycles. The maximum atomic E-state index is 5.71. The van der Waals surface area contributed by atoms with Crippen molar-refractivity contribution in [2.75, 3.05) is 6.61 Å². The number of hydrogen-bond acceptors (Lipinski definition) is 3. The summed E-state index contributed by atoms with van der Waals surface area (Å²) in [4.78, 5) is 4.29. The van der Waals surface area contributed by atoms with Gasteiger partial charge in [-0.2, -0.15) is 0 Å². The van der Waals surface area contributed by atoms with E-state index in [1.165, 1.54) is 24.1 Å². The van der Waals surface area contributed by atoms with Gasteiger partial charge in [-0.25, -0.2) is 4.98 Å². The third-order valence-electron chi connectivity index (χ3n) is 4.17. The highest BCUT2D eigenvalue weighted by Gasteiger charge is 2.26. The summed E-state index contributed by atoms with van der Waals surface area (Å²) in [7, 11) is 0. The van der Waals surface area contributed by atoms with E-state index in [0.717, 1.165) is 25.3 Å². The van der Waals surface area contributed by atoms with Crippen LogP contribution in [0, 0.1) is 0 Å². The molecule has 4 rings (SSSR count). The lowest BCUT2D eigenvalue weighted by Gasteiger charge is -2.26. The summed E-state index contributed by atoms with van der Waals surface area (Å²) in [6.45, 7) is 1.66. The predicted molar refractivity (Wildman–Crippen MR) is 76.6 cm³/mol. The van der Waals surface area contributed by atoms with E-state index in [1.807, 2.05) is 18.6 Å². The lowest BCUT2D eigenvalue weighted by Crippen LogP contribution is -2.27. The van der Waals surface area contributed by atoms with E-state index in [4.69, 9.17) is 4.74 Å². The molecule has 1 fully saturated rings. The topological polar surface area (TPSA) is 39.1 Å². The van der Waals surface area contributed by atoms with Gasteiger partial charge in [0.1, 0.15) is 5.75 Å². The van der Waals surface area contributed by atoms with Crippen molar-refractivity contribution >= 4 is 0 Å². The molecular weight excluding hydrogens is 250 g/mol. The number of aromatic nitrogens is 2. The molecule has 2 aromatic rings. The Balaban J connectivity index is 1.48. The van der Waals surface area contributed by atoms with E-state index in [1.54, 1.807) is 0 Å². The first kappa shape index (κ1) is 12.0. The van der Waals surface area contributed by atoms with Crippen molar-refractivity contribution in [3.8, 4) is 5.75 Å². The molecular formula is C16H19N3O. The molecule has 0 radical (unpaired) electrons. The molecule has 0 bridgehead atoms. The van der Waals surface area contributed by atoms with Crippen molar-refractivity contribution in [3.63, 3.8) is 0 Å². The van der Waals surface area contributed by atoms with Gasteiger partial charge >= 0.3 is 0 Å². The van der Waals surface area contributed by atoms with Gasteiger partial charge in [0.15, 0.2) is 0 Å². The highest BCUT2D eigenvalue weighted by Crippen LogP contribution is 2.36. The molecule has 4 heteroatoms. The van der Waals surface area contributed by atoms with Crippen molar-refractivity contribution in [1.29, 1.82) is 0 Å². The summed E-state index contributed by atoms with van der Waals surface area (Å²) < 4.78 is 8.02. The minimum atomic E-state index is 0.377. The van der Waals surface area contributed by atoms with Crippen molar-refractivity contribution in [1.82, 2.24) is 14.9 Å². The third kappa shape index (κ3) is 2.20. The first-order valence-corrected chi connectivity index (χ1v) is 7.37. The van der Waals surface area contributed by atoms with Crippen LogP contribution < -0.4 is 10.1 Å². The van der Waals surface area contributed by atoms with Gasteiger partial charge in [-0.05, 0) is 18.9 Å². The molecule has 1 aliphatic heterocycles. The van der Waals surface area contributed by atoms with Gasteiger partial charge in [0.05, 0.1) is 18.6 Å². The average molecular weight is 269 g/mol. The fourth-order valence-corrected chi connectivity index (χ4v) is 2.93. The van der Waals surface area contributed by atoms with Gasteiger partial charge < -0.3 is 14.6 Å². The Morgan fingerprint density at radius 3 is 3.05 bits per heavy atom. The van der Waals surface area contributed by atoms with E-state index in [2.05, 4.69) is 33.1 Å². The van der Waals surface area contributed by atoms with Crippen LogP contribution in [0.1, 0.15) is 42.6 Å². The second-order valence-corrected chi connectivity index (χ2v) is 5.63. The van der Waals surface area contributed by atoms with Crippen LogP contribution in [-0.2, 0) is 6.54 Å². The average Bonchev–Trinajstić information content (AvgIpc) is 3.24. The van der Waals surface area contributed by atoms with Crippen LogP contribution in [-0.4, -0.2) is 16.2 Å². The zero-order valence-corrected chi connectivity index (χ0v) is 11.5. The van der Waals surface area contributed by atoms with Crippen LogP contribution in [0.2, 0.25) is 0 Å². The Labute approximate surface area is 118 Å². The first-order valence-electron chi connectivity index (χ1n) is 7.37. The standard InChI is InChI=1S/C16H19N3O/c1-2-4-16-14(3-1)15(7-8-20-16)18-10-13-9-17-11-19(13)12-5-6-12/h1-4,9,11-12,15,18H,5-8,10H2. The van der Waals surface area contributed by atoms with E-state index >= 15 is 0 Å². The molecule has 1 N–H and O–H groups in total. The summed E-state index contributed by atoms with van der Waals surface area (Å²) in [5.74, 6) is 1.02. The zero-order chi connectivity index (χ0) is 13.4.